The topological polar surface area (TPSA) is 63.7 Å². The molecule has 35 heavy (non-hydrogen) atoms. The first-order chi connectivity index (χ1) is 17.0. The van der Waals surface area contributed by atoms with E-state index in [1.54, 1.807) is 12.1 Å². The fourth-order valence-corrected chi connectivity index (χ4v) is 5.28. The first kappa shape index (κ1) is 24.6. The van der Waals surface area contributed by atoms with E-state index in [2.05, 4.69) is 18.2 Å². The number of rotatable bonds is 10. The number of ether oxygens (including phenoxy) is 1. The van der Waals surface area contributed by atoms with Gasteiger partial charge in [-0.15, -0.1) is 11.3 Å². The molecule has 1 aliphatic rings. The summed E-state index contributed by atoms with van der Waals surface area (Å²) >= 11 is 1.43. The van der Waals surface area contributed by atoms with Gasteiger partial charge in [0.25, 0.3) is 0 Å². The third kappa shape index (κ3) is 6.76. The summed E-state index contributed by atoms with van der Waals surface area (Å²) < 4.78 is 4.75. The molecule has 0 spiro atoms. The quantitative estimate of drug-likeness (QED) is 0.286. The SMILES string of the molecule is COC(=O)c1ccc(CCCN2CC(C=CC(=O)Cc3cccc(-c4ccccc4)c3)CC2=O)s1. The molecule has 3 aromatic rings. The third-order valence-corrected chi connectivity index (χ3v) is 7.24. The van der Waals surface area contributed by atoms with E-state index < -0.39 is 0 Å². The summed E-state index contributed by atoms with van der Waals surface area (Å²) in [6.45, 7) is 1.32. The van der Waals surface area contributed by atoms with Crippen molar-refractivity contribution in [2.45, 2.75) is 25.7 Å². The standard InChI is InChI=1S/C29H29NO4S/c1-34-29(33)27-15-14-26(35-27)11-6-16-30-20-22(19-28(30)32)12-13-25(31)18-21-7-5-10-24(17-21)23-8-3-2-4-9-23/h2-5,7-10,12-15,17,22H,6,11,16,18-20H2,1H3. The highest BCUT2D eigenvalue weighted by molar-refractivity contribution is 7.13. The minimum atomic E-state index is -0.316. The van der Waals surface area contributed by atoms with Crippen molar-refractivity contribution in [3.05, 3.63) is 94.2 Å². The van der Waals surface area contributed by atoms with E-state index in [1.807, 2.05) is 53.4 Å². The zero-order chi connectivity index (χ0) is 24.6. The lowest BCUT2D eigenvalue weighted by Crippen LogP contribution is -2.26. The molecule has 1 aromatic heterocycles. The van der Waals surface area contributed by atoms with Crippen LogP contribution in [-0.2, 0) is 27.2 Å². The van der Waals surface area contributed by atoms with Crippen LogP contribution >= 0.6 is 11.3 Å². The number of esters is 1. The van der Waals surface area contributed by atoms with Crippen molar-refractivity contribution in [1.82, 2.24) is 4.90 Å². The lowest BCUT2D eigenvalue weighted by molar-refractivity contribution is -0.127. The van der Waals surface area contributed by atoms with Gasteiger partial charge in [-0.25, -0.2) is 4.79 Å². The summed E-state index contributed by atoms with van der Waals surface area (Å²) in [5.74, 6) is -0.0804. The molecule has 1 amide bonds. The Labute approximate surface area is 210 Å². The summed E-state index contributed by atoms with van der Waals surface area (Å²) in [6.07, 6.45) is 5.96. The number of carbonyl (C=O) groups excluding carboxylic acids is 3. The molecule has 180 valence electrons. The molecular formula is C29H29NO4S. The number of methoxy groups -OCH3 is 1. The number of thiophene rings is 1. The second-order valence-electron chi connectivity index (χ2n) is 8.73. The highest BCUT2D eigenvalue weighted by Gasteiger charge is 2.27. The maximum absolute atomic E-state index is 12.6. The fourth-order valence-electron chi connectivity index (χ4n) is 4.31. The molecule has 0 radical (unpaired) electrons. The Morgan fingerprint density at radius 2 is 1.86 bits per heavy atom. The smallest absolute Gasteiger partial charge is 0.348 e. The fraction of sp³-hybridized carbons (Fsp3) is 0.276. The Hall–Kier alpha value is -3.51. The zero-order valence-electron chi connectivity index (χ0n) is 19.8. The molecule has 2 heterocycles. The average molecular weight is 488 g/mol. The van der Waals surface area contributed by atoms with E-state index in [0.717, 1.165) is 34.4 Å². The number of amides is 1. The maximum Gasteiger partial charge on any atom is 0.348 e. The van der Waals surface area contributed by atoms with Gasteiger partial charge >= 0.3 is 5.97 Å². The van der Waals surface area contributed by atoms with E-state index >= 15 is 0 Å². The van der Waals surface area contributed by atoms with Crippen LogP contribution in [0.5, 0.6) is 0 Å². The number of hydrogen-bond acceptors (Lipinski definition) is 5. The predicted octanol–water partition coefficient (Wildman–Crippen LogP) is 5.35. The van der Waals surface area contributed by atoms with Crippen LogP contribution in [0.3, 0.4) is 0 Å². The van der Waals surface area contributed by atoms with E-state index in [1.165, 1.54) is 18.4 Å². The second-order valence-corrected chi connectivity index (χ2v) is 9.90. The molecule has 0 N–H and O–H groups in total. The average Bonchev–Trinajstić information content (AvgIpc) is 3.49. The van der Waals surface area contributed by atoms with Gasteiger partial charge in [-0.2, -0.15) is 0 Å². The van der Waals surface area contributed by atoms with Gasteiger partial charge < -0.3 is 9.64 Å². The van der Waals surface area contributed by atoms with Gasteiger partial charge in [0.1, 0.15) is 4.88 Å². The first-order valence-electron chi connectivity index (χ1n) is 11.8. The van der Waals surface area contributed by atoms with Gasteiger partial charge in [-0.1, -0.05) is 60.7 Å². The minimum Gasteiger partial charge on any atom is -0.465 e. The van der Waals surface area contributed by atoms with Gasteiger partial charge in [0.2, 0.25) is 5.91 Å². The second kappa shape index (κ2) is 11.8. The molecule has 5 nitrogen and oxygen atoms in total. The molecule has 1 aliphatic heterocycles. The molecule has 0 bridgehead atoms. The number of allylic oxidation sites excluding steroid dienone is 1. The first-order valence-corrected chi connectivity index (χ1v) is 12.6. The monoisotopic (exact) mass is 487 g/mol. The van der Waals surface area contributed by atoms with Gasteiger partial charge in [-0.05, 0) is 47.7 Å². The molecule has 2 aromatic carbocycles. The van der Waals surface area contributed by atoms with Crippen LogP contribution in [0.1, 0.15) is 33.0 Å². The summed E-state index contributed by atoms with van der Waals surface area (Å²) in [7, 11) is 1.38. The number of benzene rings is 2. The third-order valence-electron chi connectivity index (χ3n) is 6.11. The van der Waals surface area contributed by atoms with Crippen LogP contribution in [0, 0.1) is 5.92 Å². The number of ketones is 1. The molecule has 1 unspecified atom stereocenters. The Bertz CT molecular complexity index is 1210. The van der Waals surface area contributed by atoms with E-state index in [9.17, 15) is 14.4 Å². The van der Waals surface area contributed by atoms with Crippen molar-refractivity contribution >= 4 is 29.0 Å². The lowest BCUT2D eigenvalue weighted by atomic mass is 10.00. The molecule has 0 aliphatic carbocycles. The summed E-state index contributed by atoms with van der Waals surface area (Å²) in [5.41, 5.74) is 3.21. The predicted molar refractivity (Wildman–Crippen MR) is 138 cm³/mol. The van der Waals surface area contributed by atoms with Gasteiger partial charge in [-0.3, -0.25) is 9.59 Å². The van der Waals surface area contributed by atoms with Crippen LogP contribution in [0.15, 0.2) is 78.9 Å². The largest absolute Gasteiger partial charge is 0.465 e. The van der Waals surface area contributed by atoms with E-state index in [-0.39, 0.29) is 23.6 Å². The summed E-state index contributed by atoms with van der Waals surface area (Å²) in [5, 5.41) is 0. The van der Waals surface area contributed by atoms with Gasteiger partial charge in [0.05, 0.1) is 7.11 Å². The molecule has 6 heteroatoms. The van der Waals surface area contributed by atoms with Crippen molar-refractivity contribution in [2.75, 3.05) is 20.2 Å². The molecule has 0 saturated carbocycles. The highest BCUT2D eigenvalue weighted by Crippen LogP contribution is 2.23. The molecule has 1 fully saturated rings. The normalized spacial score (nSPS) is 15.6. The van der Waals surface area contributed by atoms with E-state index in [0.29, 0.717) is 30.8 Å². The number of aryl methyl sites for hydroxylation is 1. The molecule has 1 saturated heterocycles. The van der Waals surface area contributed by atoms with Crippen LogP contribution in [0.25, 0.3) is 11.1 Å². The zero-order valence-corrected chi connectivity index (χ0v) is 20.6. The lowest BCUT2D eigenvalue weighted by Gasteiger charge is -2.15. The minimum absolute atomic E-state index is 0.0419. The van der Waals surface area contributed by atoms with Crippen molar-refractivity contribution in [1.29, 1.82) is 0 Å². The maximum atomic E-state index is 12.6. The van der Waals surface area contributed by atoms with Crippen molar-refractivity contribution in [3.8, 4) is 11.1 Å². The van der Waals surface area contributed by atoms with Crippen LogP contribution in [-0.4, -0.2) is 42.8 Å². The highest BCUT2D eigenvalue weighted by atomic mass is 32.1. The number of carbonyl (C=O) groups is 3. The van der Waals surface area contributed by atoms with Crippen LogP contribution < -0.4 is 0 Å². The van der Waals surface area contributed by atoms with Gasteiger partial charge in [0.15, 0.2) is 5.78 Å². The number of nitrogens with zero attached hydrogens (tertiary/aromatic N) is 1. The number of likely N-dealkylation sites (tertiary alicyclic amines) is 1. The number of hydrogen-bond donors (Lipinski definition) is 0. The Morgan fingerprint density at radius 3 is 2.66 bits per heavy atom. The van der Waals surface area contributed by atoms with Crippen LogP contribution in [0.4, 0.5) is 0 Å². The summed E-state index contributed by atoms with van der Waals surface area (Å²) in [6, 6.07) is 21.9. The van der Waals surface area contributed by atoms with Crippen molar-refractivity contribution in [2.24, 2.45) is 5.92 Å². The Morgan fingerprint density at radius 1 is 1.06 bits per heavy atom. The molecule has 1 atom stereocenters. The van der Waals surface area contributed by atoms with E-state index in [4.69, 9.17) is 4.74 Å². The van der Waals surface area contributed by atoms with Gasteiger partial charge in [0, 0.05) is 36.7 Å². The molecule has 4 rings (SSSR count). The van der Waals surface area contributed by atoms with Crippen molar-refractivity contribution < 1.29 is 19.1 Å². The molecular weight excluding hydrogens is 458 g/mol. The Balaban J connectivity index is 1.24. The Kier molecular flexibility index (Phi) is 8.27. The van der Waals surface area contributed by atoms with Crippen molar-refractivity contribution in [3.63, 3.8) is 0 Å². The van der Waals surface area contributed by atoms with Crippen LogP contribution in [0.2, 0.25) is 0 Å². The summed E-state index contributed by atoms with van der Waals surface area (Å²) in [4.78, 5) is 40.1.